The van der Waals surface area contributed by atoms with Crippen LogP contribution in [0.4, 0.5) is 16.2 Å². The molecular formula is C29H38N4O6. The summed E-state index contributed by atoms with van der Waals surface area (Å²) in [5.41, 5.74) is 1.09. The van der Waals surface area contributed by atoms with Crippen LogP contribution in [0.3, 0.4) is 0 Å². The van der Waals surface area contributed by atoms with Crippen LogP contribution < -0.4 is 10.2 Å². The van der Waals surface area contributed by atoms with Gasteiger partial charge in [0.25, 0.3) is 0 Å². The number of anilines is 2. The summed E-state index contributed by atoms with van der Waals surface area (Å²) in [6, 6.07) is 8.56. The van der Waals surface area contributed by atoms with E-state index in [-0.39, 0.29) is 25.0 Å². The molecule has 0 aliphatic carbocycles. The molecule has 1 unspecified atom stereocenters. The number of rotatable bonds is 7. The molecule has 3 amide bonds. The second-order valence-corrected chi connectivity index (χ2v) is 11.1. The van der Waals surface area contributed by atoms with E-state index in [0.717, 1.165) is 5.56 Å². The lowest BCUT2D eigenvalue weighted by Gasteiger charge is -2.34. The number of amides is 3. The number of benzene rings is 1. The number of carbonyl (C=O) groups excluding carboxylic acids is 4. The van der Waals surface area contributed by atoms with Gasteiger partial charge < -0.3 is 19.7 Å². The first-order valence-electron chi connectivity index (χ1n) is 12.9. The molecule has 0 spiro atoms. The van der Waals surface area contributed by atoms with Crippen LogP contribution in [0.25, 0.3) is 0 Å². The Morgan fingerprint density at radius 2 is 1.87 bits per heavy atom. The molecule has 1 aliphatic heterocycles. The number of fused-ring (bicyclic) bond motifs is 1. The van der Waals surface area contributed by atoms with Crippen molar-refractivity contribution in [3.63, 3.8) is 0 Å². The maximum absolute atomic E-state index is 13.6. The Hall–Kier alpha value is -3.95. The molecule has 1 aromatic heterocycles. The normalized spacial score (nSPS) is 15.5. The molecule has 10 heteroatoms. The molecule has 0 saturated carbocycles. The minimum Gasteiger partial charge on any atom is -0.459 e. The van der Waals surface area contributed by atoms with Crippen molar-refractivity contribution in [2.24, 2.45) is 5.41 Å². The van der Waals surface area contributed by atoms with Gasteiger partial charge in [-0.1, -0.05) is 19.1 Å². The number of nitrogens with one attached hydrogen (secondary N) is 1. The molecule has 2 aromatic rings. The number of ether oxygens (including phenoxy) is 2. The van der Waals surface area contributed by atoms with Gasteiger partial charge in [0.2, 0.25) is 11.8 Å². The number of nitrogens with zero attached hydrogens (tertiary/aromatic N) is 3. The highest BCUT2D eigenvalue weighted by Crippen LogP contribution is 2.38. The summed E-state index contributed by atoms with van der Waals surface area (Å²) in [5.74, 6) is -1.15. The highest BCUT2D eigenvalue weighted by Gasteiger charge is 2.42. The van der Waals surface area contributed by atoms with Crippen molar-refractivity contribution in [3.8, 4) is 0 Å². The van der Waals surface area contributed by atoms with Crippen LogP contribution in [0, 0.1) is 5.41 Å². The van der Waals surface area contributed by atoms with Crippen molar-refractivity contribution >= 4 is 35.3 Å². The Morgan fingerprint density at radius 1 is 1.18 bits per heavy atom. The first-order chi connectivity index (χ1) is 18.2. The molecule has 1 N–H and O–H groups in total. The summed E-state index contributed by atoms with van der Waals surface area (Å²) in [6.07, 6.45) is 1.62. The van der Waals surface area contributed by atoms with Gasteiger partial charge in [-0.2, -0.15) is 0 Å². The van der Waals surface area contributed by atoms with Gasteiger partial charge in [-0.15, -0.1) is 0 Å². The van der Waals surface area contributed by atoms with Gasteiger partial charge in [-0.3, -0.25) is 24.3 Å². The van der Waals surface area contributed by atoms with Gasteiger partial charge >= 0.3 is 12.1 Å². The van der Waals surface area contributed by atoms with E-state index in [2.05, 4.69) is 10.3 Å². The number of hydrogen-bond acceptors (Lipinski definition) is 7. The average Bonchev–Trinajstić information content (AvgIpc) is 2.91. The summed E-state index contributed by atoms with van der Waals surface area (Å²) in [6.45, 7) is 12.0. The summed E-state index contributed by atoms with van der Waals surface area (Å²) in [4.78, 5) is 58.3. The molecule has 0 bridgehead atoms. The Balaban J connectivity index is 2.06. The predicted molar refractivity (Wildman–Crippen MR) is 147 cm³/mol. The smallest absolute Gasteiger partial charge is 0.411 e. The molecule has 1 atom stereocenters. The van der Waals surface area contributed by atoms with Gasteiger partial charge in [-0.05, 0) is 70.4 Å². The van der Waals surface area contributed by atoms with E-state index in [1.807, 2.05) is 25.1 Å². The van der Waals surface area contributed by atoms with Crippen LogP contribution in [0.2, 0.25) is 0 Å². The fourth-order valence-electron chi connectivity index (χ4n) is 4.40. The maximum atomic E-state index is 13.6. The molecule has 210 valence electrons. The number of hydrogen-bond donors (Lipinski definition) is 1. The lowest BCUT2D eigenvalue weighted by atomic mass is 9.91. The zero-order valence-corrected chi connectivity index (χ0v) is 24.0. The van der Waals surface area contributed by atoms with Crippen molar-refractivity contribution in [2.75, 3.05) is 17.3 Å². The number of esters is 1. The van der Waals surface area contributed by atoms with Crippen LogP contribution >= 0.6 is 0 Å². The highest BCUT2D eigenvalue weighted by atomic mass is 16.6. The minimum atomic E-state index is -1.24. The Labute approximate surface area is 229 Å². The largest absolute Gasteiger partial charge is 0.459 e. The van der Waals surface area contributed by atoms with Gasteiger partial charge in [-0.25, -0.2) is 4.79 Å². The van der Waals surface area contributed by atoms with Crippen LogP contribution in [0.5, 0.6) is 0 Å². The summed E-state index contributed by atoms with van der Waals surface area (Å²) in [7, 11) is 1.64. The third-order valence-electron chi connectivity index (χ3n) is 6.55. The van der Waals surface area contributed by atoms with Gasteiger partial charge in [0.15, 0.2) is 0 Å². The molecule has 1 aromatic carbocycles. The molecule has 3 rings (SSSR count). The molecule has 1 aliphatic rings. The van der Waals surface area contributed by atoms with Gasteiger partial charge in [0.1, 0.15) is 17.6 Å². The Bertz CT molecular complexity index is 1270. The fraction of sp³-hybridized carbons (Fsp3) is 0.483. The van der Waals surface area contributed by atoms with E-state index < -0.39 is 29.1 Å². The molecule has 2 heterocycles. The Kier molecular flexibility index (Phi) is 8.67. The zero-order chi connectivity index (χ0) is 29.1. The standard InChI is InChI=1S/C29H38N4O6/c1-9-23(19-12-13-21-24(15-19)32(8)26(36)29(6,7)25(35)31-21)33(27(37)39-28(3,4)5)16-20-11-10-14-30-22(20)17-38-18(2)34/h10-15,23H,9,16-17H2,1-8H3,(H,31,35). The first kappa shape index (κ1) is 29.6. The third kappa shape index (κ3) is 6.74. The van der Waals surface area contributed by atoms with Gasteiger partial charge in [0.05, 0.1) is 29.7 Å². The van der Waals surface area contributed by atoms with E-state index in [4.69, 9.17) is 9.47 Å². The summed E-state index contributed by atoms with van der Waals surface area (Å²) >= 11 is 0. The Morgan fingerprint density at radius 3 is 2.49 bits per heavy atom. The number of aromatic nitrogens is 1. The third-order valence-corrected chi connectivity index (χ3v) is 6.55. The van der Waals surface area contributed by atoms with E-state index >= 15 is 0 Å². The molecule has 0 radical (unpaired) electrons. The van der Waals surface area contributed by atoms with E-state index in [1.54, 1.807) is 64.9 Å². The molecular weight excluding hydrogens is 500 g/mol. The van der Waals surface area contributed by atoms with Crippen molar-refractivity contribution in [3.05, 3.63) is 53.3 Å². The molecule has 0 saturated heterocycles. The number of carbonyl (C=O) groups is 4. The van der Waals surface area contributed by atoms with Crippen molar-refractivity contribution in [1.82, 2.24) is 9.88 Å². The van der Waals surface area contributed by atoms with Crippen LogP contribution in [-0.4, -0.2) is 46.4 Å². The second kappa shape index (κ2) is 11.4. The number of pyridine rings is 1. The van der Waals surface area contributed by atoms with Crippen LogP contribution in [-0.2, 0) is 37.0 Å². The lowest BCUT2D eigenvalue weighted by molar-refractivity contribution is -0.142. The molecule has 0 fully saturated rings. The fourth-order valence-corrected chi connectivity index (χ4v) is 4.40. The topological polar surface area (TPSA) is 118 Å². The quantitative estimate of drug-likeness (QED) is 0.390. The maximum Gasteiger partial charge on any atom is 0.411 e. The lowest BCUT2D eigenvalue weighted by Crippen LogP contribution is -2.43. The van der Waals surface area contributed by atoms with Crippen LogP contribution in [0.15, 0.2) is 36.5 Å². The highest BCUT2D eigenvalue weighted by molar-refractivity contribution is 6.19. The van der Waals surface area contributed by atoms with Crippen molar-refractivity contribution in [1.29, 1.82) is 0 Å². The van der Waals surface area contributed by atoms with Crippen LogP contribution in [0.1, 0.15) is 77.7 Å². The molecule has 39 heavy (non-hydrogen) atoms. The average molecular weight is 539 g/mol. The van der Waals surface area contributed by atoms with Gasteiger partial charge in [0, 0.05) is 20.2 Å². The second-order valence-electron chi connectivity index (χ2n) is 11.1. The predicted octanol–water partition coefficient (Wildman–Crippen LogP) is 4.97. The van der Waals surface area contributed by atoms with Crippen molar-refractivity contribution < 1.29 is 28.7 Å². The minimum absolute atomic E-state index is 0.0221. The monoisotopic (exact) mass is 538 g/mol. The summed E-state index contributed by atoms with van der Waals surface area (Å²) in [5, 5.41) is 2.85. The molecule has 10 nitrogen and oxygen atoms in total. The van der Waals surface area contributed by atoms with E-state index in [0.29, 0.717) is 29.1 Å². The zero-order valence-electron chi connectivity index (χ0n) is 24.0. The summed E-state index contributed by atoms with van der Waals surface area (Å²) < 4.78 is 11.0. The van der Waals surface area contributed by atoms with E-state index in [1.165, 1.54) is 11.8 Å². The van der Waals surface area contributed by atoms with Crippen molar-refractivity contribution in [2.45, 2.75) is 79.7 Å². The SMILES string of the molecule is CCC(c1ccc2c(c1)N(C)C(=O)C(C)(C)C(=O)N2)N(Cc1cccnc1COC(C)=O)C(=O)OC(C)(C)C. The first-order valence-corrected chi connectivity index (χ1v) is 12.9. The van der Waals surface area contributed by atoms with E-state index in [9.17, 15) is 19.2 Å².